The van der Waals surface area contributed by atoms with Crippen molar-refractivity contribution in [3.05, 3.63) is 24.3 Å². The number of hydrogen-bond acceptors (Lipinski definition) is 3. The first-order valence-electron chi connectivity index (χ1n) is 9.41. The summed E-state index contributed by atoms with van der Waals surface area (Å²) in [5.41, 5.74) is 2.10. The van der Waals surface area contributed by atoms with Crippen molar-refractivity contribution in [2.24, 2.45) is 5.92 Å². The van der Waals surface area contributed by atoms with Crippen LogP contribution in [0.4, 0.5) is 11.4 Å². The van der Waals surface area contributed by atoms with E-state index >= 15 is 0 Å². The van der Waals surface area contributed by atoms with Gasteiger partial charge in [-0.2, -0.15) is 0 Å². The van der Waals surface area contributed by atoms with Crippen LogP contribution in [0, 0.1) is 5.92 Å². The van der Waals surface area contributed by atoms with E-state index in [1.165, 1.54) is 18.5 Å². The molecule has 0 aromatic heterocycles. The van der Waals surface area contributed by atoms with E-state index in [9.17, 15) is 9.59 Å². The summed E-state index contributed by atoms with van der Waals surface area (Å²) in [5.74, 6) is 0.844. The Morgan fingerprint density at radius 3 is 2.40 bits per heavy atom. The van der Waals surface area contributed by atoms with Crippen LogP contribution in [0.3, 0.4) is 0 Å². The fourth-order valence-electron chi connectivity index (χ4n) is 3.20. The highest BCUT2D eigenvalue weighted by Gasteiger charge is 2.17. The molecule has 0 atom stereocenters. The molecule has 0 unspecified atom stereocenters. The molecule has 1 aliphatic heterocycles. The summed E-state index contributed by atoms with van der Waals surface area (Å²) in [6.45, 7) is 9.01. The van der Waals surface area contributed by atoms with Crippen LogP contribution in [0.5, 0.6) is 0 Å². The number of carbonyl (C=O) groups excluding carboxylic acids is 2. The number of nitrogens with zero attached hydrogens (tertiary/aromatic N) is 2. The zero-order valence-electron chi connectivity index (χ0n) is 15.8. The van der Waals surface area contributed by atoms with E-state index in [0.29, 0.717) is 19.5 Å². The standard InChI is InChI=1S/C20H31N3O2/c1-4-5-20(25)21-12-15-23(17(3)24)19-8-6-18(7-9-19)22-13-10-16(2)11-14-22/h6-9,16H,4-5,10-15H2,1-3H3,(H,21,25). The van der Waals surface area contributed by atoms with Crippen LogP contribution in [-0.4, -0.2) is 38.0 Å². The van der Waals surface area contributed by atoms with E-state index in [0.717, 1.165) is 31.1 Å². The molecule has 1 heterocycles. The van der Waals surface area contributed by atoms with Gasteiger partial charge in [0.05, 0.1) is 0 Å². The number of amides is 2. The Hall–Kier alpha value is -2.04. The smallest absolute Gasteiger partial charge is 0.223 e. The third-order valence-corrected chi connectivity index (χ3v) is 4.82. The van der Waals surface area contributed by atoms with E-state index in [-0.39, 0.29) is 11.8 Å². The van der Waals surface area contributed by atoms with Crippen molar-refractivity contribution in [2.75, 3.05) is 36.0 Å². The summed E-state index contributed by atoms with van der Waals surface area (Å²) in [6, 6.07) is 8.19. The zero-order chi connectivity index (χ0) is 18.2. The Bertz CT molecular complexity index is 563. The van der Waals surface area contributed by atoms with Crippen molar-refractivity contribution >= 4 is 23.2 Å². The first-order valence-corrected chi connectivity index (χ1v) is 9.41. The fourth-order valence-corrected chi connectivity index (χ4v) is 3.20. The minimum atomic E-state index is -0.00992. The van der Waals surface area contributed by atoms with Crippen LogP contribution in [0.1, 0.15) is 46.5 Å². The Morgan fingerprint density at radius 2 is 1.84 bits per heavy atom. The van der Waals surface area contributed by atoms with Crippen LogP contribution >= 0.6 is 0 Å². The molecule has 0 radical (unpaired) electrons. The second-order valence-electron chi connectivity index (χ2n) is 6.96. The van der Waals surface area contributed by atoms with Crippen LogP contribution in [0.15, 0.2) is 24.3 Å². The van der Waals surface area contributed by atoms with Crippen LogP contribution in [-0.2, 0) is 9.59 Å². The van der Waals surface area contributed by atoms with Crippen molar-refractivity contribution < 1.29 is 9.59 Å². The summed E-state index contributed by atoms with van der Waals surface area (Å²) >= 11 is 0. The summed E-state index contributed by atoms with van der Waals surface area (Å²) in [7, 11) is 0. The number of piperidine rings is 1. The van der Waals surface area contributed by atoms with Crippen LogP contribution < -0.4 is 15.1 Å². The van der Waals surface area contributed by atoms with Gasteiger partial charge in [-0.1, -0.05) is 13.8 Å². The van der Waals surface area contributed by atoms with Gasteiger partial charge in [0.15, 0.2) is 0 Å². The first-order chi connectivity index (χ1) is 12.0. The zero-order valence-corrected chi connectivity index (χ0v) is 15.8. The average Bonchev–Trinajstić information content (AvgIpc) is 2.60. The van der Waals surface area contributed by atoms with E-state index < -0.39 is 0 Å². The van der Waals surface area contributed by atoms with E-state index in [4.69, 9.17) is 0 Å². The molecule has 1 fully saturated rings. The van der Waals surface area contributed by atoms with Gasteiger partial charge in [0.2, 0.25) is 11.8 Å². The Labute approximate surface area is 151 Å². The SMILES string of the molecule is CCCC(=O)NCCN(C(C)=O)c1ccc(N2CCC(C)CC2)cc1. The van der Waals surface area contributed by atoms with Gasteiger partial charge >= 0.3 is 0 Å². The summed E-state index contributed by atoms with van der Waals surface area (Å²) in [5, 5.41) is 2.86. The molecule has 1 aromatic carbocycles. The molecular formula is C20H31N3O2. The fraction of sp³-hybridized carbons (Fsp3) is 0.600. The molecule has 1 saturated heterocycles. The Balaban J connectivity index is 1.94. The van der Waals surface area contributed by atoms with Gasteiger partial charge in [0.1, 0.15) is 0 Å². The molecule has 5 nitrogen and oxygen atoms in total. The van der Waals surface area contributed by atoms with Crippen molar-refractivity contribution in [3.8, 4) is 0 Å². The normalized spacial score (nSPS) is 15.1. The largest absolute Gasteiger partial charge is 0.372 e. The van der Waals surface area contributed by atoms with Crippen molar-refractivity contribution in [1.29, 1.82) is 0 Å². The Kier molecular flexibility index (Phi) is 7.29. The molecule has 0 spiro atoms. The van der Waals surface area contributed by atoms with Gasteiger partial charge in [-0.3, -0.25) is 9.59 Å². The third kappa shape index (κ3) is 5.76. The maximum atomic E-state index is 12.0. The first kappa shape index (κ1) is 19.3. The van der Waals surface area contributed by atoms with E-state index in [1.807, 2.05) is 19.1 Å². The van der Waals surface area contributed by atoms with E-state index in [2.05, 4.69) is 29.3 Å². The molecule has 1 aliphatic rings. The quantitative estimate of drug-likeness (QED) is 0.826. The lowest BCUT2D eigenvalue weighted by Crippen LogP contribution is -2.37. The molecule has 1 N–H and O–H groups in total. The predicted molar refractivity (Wildman–Crippen MR) is 103 cm³/mol. The third-order valence-electron chi connectivity index (χ3n) is 4.82. The van der Waals surface area contributed by atoms with Gasteiger partial charge in [-0.15, -0.1) is 0 Å². The number of anilines is 2. The molecule has 1 aromatic rings. The summed E-state index contributed by atoms with van der Waals surface area (Å²) < 4.78 is 0. The highest BCUT2D eigenvalue weighted by atomic mass is 16.2. The van der Waals surface area contributed by atoms with Gasteiger partial charge in [0, 0.05) is 50.9 Å². The molecule has 0 saturated carbocycles. The van der Waals surface area contributed by atoms with Crippen molar-refractivity contribution in [3.63, 3.8) is 0 Å². The van der Waals surface area contributed by atoms with Gasteiger partial charge in [0.25, 0.3) is 0 Å². The maximum absolute atomic E-state index is 12.0. The molecule has 138 valence electrons. The number of benzene rings is 1. The number of hydrogen-bond donors (Lipinski definition) is 1. The minimum Gasteiger partial charge on any atom is -0.372 e. The van der Waals surface area contributed by atoms with Gasteiger partial charge in [-0.25, -0.2) is 0 Å². The molecular weight excluding hydrogens is 314 g/mol. The summed E-state index contributed by atoms with van der Waals surface area (Å²) in [4.78, 5) is 27.7. The average molecular weight is 345 g/mol. The molecule has 0 bridgehead atoms. The Morgan fingerprint density at radius 1 is 1.20 bits per heavy atom. The highest BCUT2D eigenvalue weighted by Crippen LogP contribution is 2.25. The monoisotopic (exact) mass is 345 g/mol. The molecule has 25 heavy (non-hydrogen) atoms. The van der Waals surface area contributed by atoms with Gasteiger partial charge in [-0.05, 0) is 49.4 Å². The van der Waals surface area contributed by atoms with Gasteiger partial charge < -0.3 is 15.1 Å². The number of rotatable bonds is 7. The van der Waals surface area contributed by atoms with Crippen LogP contribution in [0.25, 0.3) is 0 Å². The lowest BCUT2D eigenvalue weighted by molar-refractivity contribution is -0.121. The molecule has 2 rings (SSSR count). The lowest BCUT2D eigenvalue weighted by atomic mass is 9.99. The molecule has 2 amide bonds. The number of carbonyl (C=O) groups is 2. The van der Waals surface area contributed by atoms with E-state index in [1.54, 1.807) is 11.8 Å². The predicted octanol–water partition coefficient (Wildman–Crippen LogP) is 3.19. The second kappa shape index (κ2) is 9.44. The highest BCUT2D eigenvalue weighted by molar-refractivity contribution is 5.91. The molecule has 5 heteroatoms. The number of nitrogens with one attached hydrogen (secondary N) is 1. The van der Waals surface area contributed by atoms with Crippen molar-refractivity contribution in [2.45, 2.75) is 46.5 Å². The lowest BCUT2D eigenvalue weighted by Gasteiger charge is -2.32. The summed E-state index contributed by atoms with van der Waals surface area (Å²) in [6.07, 6.45) is 3.83. The maximum Gasteiger partial charge on any atom is 0.223 e. The topological polar surface area (TPSA) is 52.7 Å². The second-order valence-corrected chi connectivity index (χ2v) is 6.96. The molecule has 0 aliphatic carbocycles. The minimum absolute atomic E-state index is 0.00992. The van der Waals surface area contributed by atoms with Crippen LogP contribution in [0.2, 0.25) is 0 Å². The van der Waals surface area contributed by atoms with Crippen molar-refractivity contribution in [1.82, 2.24) is 5.32 Å².